The molecule has 0 bridgehead atoms. The summed E-state index contributed by atoms with van der Waals surface area (Å²) in [5.74, 6) is 1.92. The van der Waals surface area contributed by atoms with E-state index in [1.807, 2.05) is 54.9 Å². The SMILES string of the molecule is Cc1cc(-c2cnc3c(NCC(C)C)cc(Cl)nn23)ccc1C(=O)NC1CC1.Cc1cc(-c2cnc3c(NCC(C)C)cc(SCC4CCCO4)nn23)ccc1C(=O)NC1CC1. The van der Waals surface area contributed by atoms with Gasteiger partial charge in [-0.25, -0.2) is 19.0 Å². The first-order chi connectivity index (χ1) is 29.9. The molecule has 2 amide bonds. The Kier molecular flexibility index (Phi) is 13.4. The fraction of sp³-hybridized carbons (Fsp3) is 0.447. The number of hydrogen-bond donors (Lipinski definition) is 4. The maximum atomic E-state index is 12.6. The third-order valence-electron chi connectivity index (χ3n) is 11.1. The molecule has 9 rings (SSSR count). The third-order valence-corrected chi connectivity index (χ3v) is 12.3. The number of rotatable bonds is 15. The van der Waals surface area contributed by atoms with Crippen molar-refractivity contribution in [1.29, 1.82) is 0 Å². The zero-order valence-electron chi connectivity index (χ0n) is 36.4. The second-order valence-electron chi connectivity index (χ2n) is 17.6. The normalized spacial score (nSPS) is 16.2. The van der Waals surface area contributed by atoms with Gasteiger partial charge < -0.3 is 26.0 Å². The largest absolute Gasteiger partial charge is 0.382 e. The lowest BCUT2D eigenvalue weighted by Crippen LogP contribution is -2.26. The van der Waals surface area contributed by atoms with Gasteiger partial charge in [0.1, 0.15) is 5.03 Å². The van der Waals surface area contributed by atoms with Gasteiger partial charge in [0.05, 0.1) is 41.3 Å². The summed E-state index contributed by atoms with van der Waals surface area (Å²) in [7, 11) is 0. The molecule has 4 aromatic heterocycles. The third kappa shape index (κ3) is 10.5. The Morgan fingerprint density at radius 1 is 0.742 bits per heavy atom. The Balaban J connectivity index is 0.000000174. The standard InChI is InChI=1S/C26H33N5O2S.C21H24ClN5O/c1-16(2)13-27-22-12-24(34-15-20-5-4-10-33-20)30-31-23(14-28-25(22)31)18-6-9-21(17(3)11-18)26(32)29-19-7-8-19;1-12(2)10-23-17-9-19(22)26-27-18(11-24-20(17)27)14-4-7-16(13(3)8-14)21(28)25-15-5-6-15/h6,9,11-12,14,16,19-20,27H,4-5,7-8,10,13,15H2,1-3H3,(H,29,32);4,7-9,11-12,15,23H,5-6,10H2,1-3H3,(H,25,28). The van der Waals surface area contributed by atoms with Crippen molar-refractivity contribution < 1.29 is 14.3 Å². The number of hydrogen-bond acceptors (Lipinski definition) is 10. The van der Waals surface area contributed by atoms with E-state index in [0.29, 0.717) is 40.7 Å². The van der Waals surface area contributed by atoms with Crippen molar-refractivity contribution in [3.05, 3.63) is 88.3 Å². The number of halogens is 1. The fourth-order valence-electron chi connectivity index (χ4n) is 7.33. The maximum absolute atomic E-state index is 12.6. The molecule has 13 nitrogen and oxygen atoms in total. The lowest BCUT2D eigenvalue weighted by Gasteiger charge is -2.14. The molecule has 62 heavy (non-hydrogen) atoms. The van der Waals surface area contributed by atoms with E-state index >= 15 is 0 Å². The quantitative estimate of drug-likeness (QED) is 0.0735. The van der Waals surface area contributed by atoms with Crippen LogP contribution in [0.5, 0.6) is 0 Å². The minimum atomic E-state index is -0.00830. The van der Waals surface area contributed by atoms with Crippen LogP contribution in [-0.2, 0) is 4.74 Å². The van der Waals surface area contributed by atoms with Crippen molar-refractivity contribution in [2.45, 2.75) is 103 Å². The molecule has 1 atom stereocenters. The number of imidazole rings is 2. The van der Waals surface area contributed by atoms with Crippen LogP contribution in [-0.4, -0.2) is 84.6 Å². The van der Waals surface area contributed by atoms with Gasteiger partial charge in [-0.3, -0.25) is 9.59 Å². The molecule has 2 aromatic carbocycles. The van der Waals surface area contributed by atoms with Crippen LogP contribution in [0.4, 0.5) is 11.4 Å². The van der Waals surface area contributed by atoms with Crippen LogP contribution in [0, 0.1) is 25.7 Å². The minimum absolute atomic E-state index is 0.00830. The van der Waals surface area contributed by atoms with E-state index in [4.69, 9.17) is 26.4 Å². The highest BCUT2D eigenvalue weighted by Crippen LogP contribution is 2.32. The second-order valence-corrected chi connectivity index (χ2v) is 19.0. The first-order valence-corrected chi connectivity index (χ1v) is 23.3. The molecule has 3 fully saturated rings. The van der Waals surface area contributed by atoms with Gasteiger partial charge in [-0.15, -0.1) is 11.8 Å². The van der Waals surface area contributed by atoms with Crippen LogP contribution in [0.2, 0.25) is 5.15 Å². The molecule has 1 saturated heterocycles. The molecule has 15 heteroatoms. The van der Waals surface area contributed by atoms with Crippen molar-refractivity contribution in [1.82, 2.24) is 39.8 Å². The van der Waals surface area contributed by atoms with Crippen molar-refractivity contribution >= 4 is 57.8 Å². The van der Waals surface area contributed by atoms with Crippen molar-refractivity contribution in [2.75, 3.05) is 36.1 Å². The van der Waals surface area contributed by atoms with E-state index < -0.39 is 0 Å². The van der Waals surface area contributed by atoms with Crippen LogP contribution >= 0.6 is 23.4 Å². The van der Waals surface area contributed by atoms with Crippen LogP contribution in [0.1, 0.15) is 98.1 Å². The van der Waals surface area contributed by atoms with Crippen LogP contribution in [0.15, 0.2) is 66.0 Å². The first-order valence-electron chi connectivity index (χ1n) is 21.9. The van der Waals surface area contributed by atoms with Gasteiger partial charge in [-0.1, -0.05) is 51.4 Å². The summed E-state index contributed by atoms with van der Waals surface area (Å²) in [6.45, 7) is 15.2. The van der Waals surface area contributed by atoms with Crippen LogP contribution in [0.25, 0.3) is 33.8 Å². The highest BCUT2D eigenvalue weighted by atomic mass is 35.5. The number of aryl methyl sites for hydroxylation is 2. The molecule has 6 aromatic rings. The molecule has 4 N–H and O–H groups in total. The molecule has 3 aliphatic rings. The zero-order valence-corrected chi connectivity index (χ0v) is 38.0. The smallest absolute Gasteiger partial charge is 0.251 e. The molecular formula is C47H57ClN10O3S. The van der Waals surface area contributed by atoms with E-state index in [2.05, 4.69) is 71.2 Å². The summed E-state index contributed by atoms with van der Waals surface area (Å²) >= 11 is 7.99. The number of thioether (sulfide) groups is 1. The Hall–Kier alpha value is -5.18. The summed E-state index contributed by atoms with van der Waals surface area (Å²) < 4.78 is 9.49. The summed E-state index contributed by atoms with van der Waals surface area (Å²) in [6.07, 6.45) is 10.5. The maximum Gasteiger partial charge on any atom is 0.251 e. The number of anilines is 2. The van der Waals surface area contributed by atoms with Gasteiger partial charge in [0.15, 0.2) is 16.4 Å². The van der Waals surface area contributed by atoms with E-state index in [9.17, 15) is 9.59 Å². The molecule has 1 aliphatic heterocycles. The average Bonchev–Trinajstić information content (AvgIpc) is 4.06. The molecular weight excluding hydrogens is 820 g/mol. The van der Waals surface area contributed by atoms with Gasteiger partial charge in [-0.2, -0.15) is 10.2 Å². The van der Waals surface area contributed by atoms with Gasteiger partial charge in [-0.05, 0) is 106 Å². The van der Waals surface area contributed by atoms with E-state index in [-0.39, 0.29) is 11.8 Å². The molecule has 0 spiro atoms. The fourth-order valence-corrected chi connectivity index (χ4v) is 8.47. The number of nitrogens with zero attached hydrogens (tertiary/aromatic N) is 6. The minimum Gasteiger partial charge on any atom is -0.382 e. The van der Waals surface area contributed by atoms with E-state index in [0.717, 1.165) is 131 Å². The highest BCUT2D eigenvalue weighted by Gasteiger charge is 2.26. The Morgan fingerprint density at radius 3 is 1.73 bits per heavy atom. The number of fused-ring (bicyclic) bond motifs is 2. The molecule has 1 unspecified atom stereocenters. The van der Waals surface area contributed by atoms with Gasteiger partial charge >= 0.3 is 0 Å². The van der Waals surface area contributed by atoms with Crippen molar-refractivity contribution in [2.24, 2.45) is 11.8 Å². The molecule has 0 radical (unpaired) electrons. The predicted octanol–water partition coefficient (Wildman–Crippen LogP) is 9.25. The topological polar surface area (TPSA) is 152 Å². The average molecular weight is 878 g/mol. The summed E-state index contributed by atoms with van der Waals surface area (Å²) in [4.78, 5) is 34.2. The van der Waals surface area contributed by atoms with Gasteiger partial charge in [0.25, 0.3) is 11.8 Å². The monoisotopic (exact) mass is 876 g/mol. The van der Waals surface area contributed by atoms with E-state index in [1.54, 1.807) is 28.5 Å². The number of nitrogens with one attached hydrogen (secondary N) is 4. The van der Waals surface area contributed by atoms with Crippen molar-refractivity contribution in [3.63, 3.8) is 0 Å². The van der Waals surface area contributed by atoms with Gasteiger partial charge in [0.2, 0.25) is 0 Å². The summed E-state index contributed by atoms with van der Waals surface area (Å²) in [6, 6.07) is 16.3. The molecule has 326 valence electrons. The van der Waals surface area contributed by atoms with E-state index in [1.165, 1.54) is 0 Å². The Labute approximate surface area is 372 Å². The number of carbonyl (C=O) groups excluding carboxylic acids is 2. The summed E-state index contributed by atoms with van der Waals surface area (Å²) in [5, 5.41) is 23.8. The Bertz CT molecular complexity index is 2570. The second kappa shape index (κ2) is 19.1. The zero-order chi connectivity index (χ0) is 43.5. The van der Waals surface area contributed by atoms with Gasteiger partial charge in [0, 0.05) is 65.9 Å². The number of ether oxygens (including phenoxy) is 1. The lowest BCUT2D eigenvalue weighted by atomic mass is 10.0. The van der Waals surface area contributed by atoms with Crippen LogP contribution in [0.3, 0.4) is 0 Å². The van der Waals surface area contributed by atoms with Crippen LogP contribution < -0.4 is 21.3 Å². The predicted molar refractivity (Wildman–Crippen MR) is 249 cm³/mol. The number of carbonyl (C=O) groups is 2. The Morgan fingerprint density at radius 2 is 1.26 bits per heavy atom. The molecule has 5 heterocycles. The molecule has 2 saturated carbocycles. The summed E-state index contributed by atoms with van der Waals surface area (Å²) in [5.41, 5.74) is 10.4. The number of benzene rings is 2. The molecule has 2 aliphatic carbocycles. The first kappa shape index (κ1) is 43.5. The number of aromatic nitrogens is 6. The highest BCUT2D eigenvalue weighted by molar-refractivity contribution is 7.99. The lowest BCUT2D eigenvalue weighted by molar-refractivity contribution is 0.0942. The van der Waals surface area contributed by atoms with Crippen molar-refractivity contribution in [3.8, 4) is 22.5 Å². The number of amides is 2.